The molecule has 1 aromatic heterocycles. The third-order valence-electron chi connectivity index (χ3n) is 4.63. The second kappa shape index (κ2) is 5.72. The molecule has 21 heavy (non-hydrogen) atoms. The van der Waals surface area contributed by atoms with Crippen molar-refractivity contribution in [1.29, 1.82) is 5.26 Å². The summed E-state index contributed by atoms with van der Waals surface area (Å²) in [4.78, 5) is 20.5. The Morgan fingerprint density at radius 2 is 2.10 bits per heavy atom. The van der Waals surface area contributed by atoms with Gasteiger partial charge in [-0.3, -0.25) is 4.79 Å². The van der Waals surface area contributed by atoms with Crippen LogP contribution in [0.5, 0.6) is 0 Å². The molecule has 5 nitrogen and oxygen atoms in total. The summed E-state index contributed by atoms with van der Waals surface area (Å²) in [6.45, 7) is 3.43. The van der Waals surface area contributed by atoms with Crippen molar-refractivity contribution in [3.8, 4) is 6.07 Å². The molecule has 0 aliphatic carbocycles. The van der Waals surface area contributed by atoms with E-state index in [0.29, 0.717) is 11.6 Å². The van der Waals surface area contributed by atoms with E-state index >= 15 is 0 Å². The van der Waals surface area contributed by atoms with Gasteiger partial charge in [-0.25, -0.2) is 4.98 Å². The minimum Gasteiger partial charge on any atom is -0.350 e. The molecule has 2 fully saturated rings. The molecule has 3 rings (SSSR count). The molecule has 1 aromatic rings. The fourth-order valence-corrected chi connectivity index (χ4v) is 3.75. The molecule has 0 N–H and O–H groups in total. The van der Waals surface area contributed by atoms with Crippen LogP contribution in [0.15, 0.2) is 18.3 Å². The van der Waals surface area contributed by atoms with Crippen molar-refractivity contribution >= 4 is 11.7 Å². The molecule has 1 amide bonds. The number of carbonyl (C=O) groups excluding carboxylic acids is 1. The Kier molecular flexibility index (Phi) is 3.78. The van der Waals surface area contributed by atoms with Gasteiger partial charge in [0.05, 0.1) is 17.6 Å². The molecule has 0 aromatic carbocycles. The van der Waals surface area contributed by atoms with Crippen molar-refractivity contribution in [3.63, 3.8) is 0 Å². The van der Waals surface area contributed by atoms with Crippen molar-refractivity contribution in [2.45, 2.75) is 44.7 Å². The van der Waals surface area contributed by atoms with Gasteiger partial charge in [-0.2, -0.15) is 5.26 Å². The Hall–Kier alpha value is -2.09. The highest BCUT2D eigenvalue weighted by Gasteiger charge is 2.39. The molecule has 3 heterocycles. The van der Waals surface area contributed by atoms with Gasteiger partial charge in [-0.1, -0.05) is 0 Å². The highest BCUT2D eigenvalue weighted by atomic mass is 16.2. The molecule has 2 aliphatic rings. The van der Waals surface area contributed by atoms with E-state index in [1.54, 1.807) is 19.2 Å². The first kappa shape index (κ1) is 13.9. The number of nitriles is 1. The summed E-state index contributed by atoms with van der Waals surface area (Å²) >= 11 is 0. The van der Waals surface area contributed by atoms with E-state index in [0.717, 1.165) is 44.6 Å². The maximum Gasteiger partial charge on any atom is 0.219 e. The summed E-state index contributed by atoms with van der Waals surface area (Å²) in [6, 6.07) is 6.40. The molecule has 5 heteroatoms. The van der Waals surface area contributed by atoms with Crippen molar-refractivity contribution < 1.29 is 4.79 Å². The number of nitrogens with zero attached hydrogens (tertiary/aromatic N) is 4. The van der Waals surface area contributed by atoms with Crippen molar-refractivity contribution in [2.75, 3.05) is 18.0 Å². The molecule has 0 bridgehead atoms. The zero-order valence-corrected chi connectivity index (χ0v) is 12.3. The van der Waals surface area contributed by atoms with Gasteiger partial charge in [-0.15, -0.1) is 0 Å². The van der Waals surface area contributed by atoms with Gasteiger partial charge in [-0.05, 0) is 37.8 Å². The summed E-state index contributed by atoms with van der Waals surface area (Å²) < 4.78 is 0. The Bertz CT molecular complexity index is 580. The average molecular weight is 284 g/mol. The van der Waals surface area contributed by atoms with Crippen molar-refractivity contribution in [3.05, 3.63) is 23.9 Å². The van der Waals surface area contributed by atoms with Crippen LogP contribution >= 0.6 is 0 Å². The Morgan fingerprint density at radius 1 is 1.33 bits per heavy atom. The maximum atomic E-state index is 11.8. The first-order chi connectivity index (χ1) is 10.2. The standard InChI is InChI=1S/C16H20N4O/c1-12(21)19-9-3-6-14(19)15-7-4-10-20(15)16-13(11-17)5-2-8-18-16/h2,5,8,14-15H,3-4,6-7,9-10H2,1H3/t14-,15+/m1/s1. The molecule has 0 unspecified atom stereocenters. The lowest BCUT2D eigenvalue weighted by Gasteiger charge is -2.35. The van der Waals surface area contributed by atoms with Crippen LogP contribution in [0.3, 0.4) is 0 Å². The molecular weight excluding hydrogens is 264 g/mol. The molecule has 110 valence electrons. The molecule has 0 radical (unpaired) electrons. The minimum absolute atomic E-state index is 0.158. The first-order valence-corrected chi connectivity index (χ1v) is 7.61. The molecular formula is C16H20N4O. The van der Waals surface area contributed by atoms with E-state index in [4.69, 9.17) is 0 Å². The van der Waals surface area contributed by atoms with E-state index < -0.39 is 0 Å². The maximum absolute atomic E-state index is 11.8. The number of carbonyl (C=O) groups is 1. The fraction of sp³-hybridized carbons (Fsp3) is 0.562. The van der Waals surface area contributed by atoms with E-state index in [1.807, 2.05) is 11.0 Å². The molecule has 2 saturated heterocycles. The topological polar surface area (TPSA) is 60.2 Å². The normalized spacial score (nSPS) is 25.1. The number of likely N-dealkylation sites (tertiary alicyclic amines) is 1. The van der Waals surface area contributed by atoms with Crippen LogP contribution in [0, 0.1) is 11.3 Å². The van der Waals surface area contributed by atoms with Crippen LogP contribution in [0.25, 0.3) is 0 Å². The SMILES string of the molecule is CC(=O)N1CCC[C@@H]1[C@@H]1CCCN1c1ncccc1C#N. The van der Waals surface area contributed by atoms with Crippen molar-refractivity contribution in [1.82, 2.24) is 9.88 Å². The third kappa shape index (κ3) is 2.46. The van der Waals surface area contributed by atoms with Crippen molar-refractivity contribution in [2.24, 2.45) is 0 Å². The van der Waals surface area contributed by atoms with Crippen LogP contribution in [-0.4, -0.2) is 41.0 Å². The second-order valence-electron chi connectivity index (χ2n) is 5.81. The molecule has 2 atom stereocenters. The lowest BCUT2D eigenvalue weighted by molar-refractivity contribution is -0.129. The third-order valence-corrected chi connectivity index (χ3v) is 4.63. The summed E-state index contributed by atoms with van der Waals surface area (Å²) in [7, 11) is 0. The van der Waals surface area contributed by atoms with E-state index in [1.165, 1.54) is 0 Å². The van der Waals surface area contributed by atoms with Crippen LogP contribution in [-0.2, 0) is 4.79 Å². The lowest BCUT2D eigenvalue weighted by Crippen LogP contribution is -2.48. The number of rotatable bonds is 2. The number of anilines is 1. The van der Waals surface area contributed by atoms with Crippen LogP contribution < -0.4 is 4.90 Å². The van der Waals surface area contributed by atoms with Gasteiger partial charge in [0.25, 0.3) is 0 Å². The Balaban J connectivity index is 1.89. The fourth-order valence-electron chi connectivity index (χ4n) is 3.75. The number of hydrogen-bond donors (Lipinski definition) is 0. The Labute approximate surface area is 125 Å². The van der Waals surface area contributed by atoms with Gasteiger partial charge in [0.1, 0.15) is 11.9 Å². The van der Waals surface area contributed by atoms with Gasteiger partial charge in [0.15, 0.2) is 0 Å². The van der Waals surface area contributed by atoms with E-state index in [-0.39, 0.29) is 11.9 Å². The number of amides is 1. The summed E-state index contributed by atoms with van der Waals surface area (Å²) in [5, 5.41) is 9.29. The highest BCUT2D eigenvalue weighted by molar-refractivity contribution is 5.74. The van der Waals surface area contributed by atoms with Gasteiger partial charge in [0.2, 0.25) is 5.91 Å². The second-order valence-corrected chi connectivity index (χ2v) is 5.81. The quantitative estimate of drug-likeness (QED) is 0.832. The largest absolute Gasteiger partial charge is 0.350 e. The number of hydrogen-bond acceptors (Lipinski definition) is 4. The van der Waals surface area contributed by atoms with E-state index in [2.05, 4.69) is 16.0 Å². The highest BCUT2D eigenvalue weighted by Crippen LogP contribution is 2.33. The summed E-state index contributed by atoms with van der Waals surface area (Å²) in [6.07, 6.45) is 6.02. The molecule has 0 spiro atoms. The average Bonchev–Trinajstić information content (AvgIpc) is 3.15. The predicted molar refractivity (Wildman–Crippen MR) is 79.7 cm³/mol. The van der Waals surface area contributed by atoms with Gasteiger partial charge in [0, 0.05) is 26.2 Å². The Morgan fingerprint density at radius 3 is 2.86 bits per heavy atom. The summed E-state index contributed by atoms with van der Waals surface area (Å²) in [5.74, 6) is 0.934. The zero-order chi connectivity index (χ0) is 14.8. The summed E-state index contributed by atoms with van der Waals surface area (Å²) in [5.41, 5.74) is 0.622. The van der Waals surface area contributed by atoms with Gasteiger partial charge >= 0.3 is 0 Å². The smallest absolute Gasteiger partial charge is 0.219 e. The molecule has 0 saturated carbocycles. The van der Waals surface area contributed by atoms with Crippen LogP contribution in [0.2, 0.25) is 0 Å². The first-order valence-electron chi connectivity index (χ1n) is 7.61. The molecule has 2 aliphatic heterocycles. The minimum atomic E-state index is 0.158. The van der Waals surface area contributed by atoms with E-state index in [9.17, 15) is 10.1 Å². The number of pyridine rings is 1. The zero-order valence-electron chi connectivity index (χ0n) is 12.3. The van der Waals surface area contributed by atoms with Gasteiger partial charge < -0.3 is 9.80 Å². The monoisotopic (exact) mass is 284 g/mol. The lowest BCUT2D eigenvalue weighted by atomic mass is 10.0. The van der Waals surface area contributed by atoms with Crippen LogP contribution in [0.1, 0.15) is 38.2 Å². The number of aromatic nitrogens is 1. The van der Waals surface area contributed by atoms with Crippen LogP contribution in [0.4, 0.5) is 5.82 Å². The predicted octanol–water partition coefficient (Wildman–Crippen LogP) is 1.93.